The van der Waals surface area contributed by atoms with E-state index >= 15 is 0 Å². The lowest BCUT2D eigenvalue weighted by molar-refractivity contribution is -0.121. The van der Waals surface area contributed by atoms with Crippen LogP contribution in [-0.4, -0.2) is 25.2 Å². The van der Waals surface area contributed by atoms with E-state index in [9.17, 15) is 4.79 Å². The van der Waals surface area contributed by atoms with Gasteiger partial charge in [-0.3, -0.25) is 4.79 Å². The fourth-order valence-electron chi connectivity index (χ4n) is 2.29. The van der Waals surface area contributed by atoms with E-state index in [-0.39, 0.29) is 18.1 Å². The summed E-state index contributed by atoms with van der Waals surface area (Å²) in [5, 5.41) is 2.89. The van der Waals surface area contributed by atoms with Crippen LogP contribution in [0.5, 0.6) is 0 Å². The molecule has 0 aromatic heterocycles. The Morgan fingerprint density at radius 3 is 2.89 bits per heavy atom. The summed E-state index contributed by atoms with van der Waals surface area (Å²) in [5.74, 6) is 0.0573. The predicted octanol–water partition coefficient (Wildman–Crippen LogP) is 1.76. The third-order valence-corrected chi connectivity index (χ3v) is 3.46. The second-order valence-electron chi connectivity index (χ2n) is 4.99. The summed E-state index contributed by atoms with van der Waals surface area (Å²) in [5.41, 5.74) is 7.07. The molecule has 1 heterocycles. The van der Waals surface area contributed by atoms with Gasteiger partial charge in [-0.05, 0) is 24.8 Å². The number of ether oxygens (including phenoxy) is 1. The van der Waals surface area contributed by atoms with Crippen LogP contribution in [-0.2, 0) is 9.53 Å². The van der Waals surface area contributed by atoms with Crippen molar-refractivity contribution in [2.45, 2.75) is 37.8 Å². The number of benzene rings is 1. The molecule has 0 saturated carbocycles. The van der Waals surface area contributed by atoms with Crippen molar-refractivity contribution in [3.05, 3.63) is 35.9 Å². The maximum atomic E-state index is 11.7. The molecular weight excluding hydrogens is 240 g/mol. The number of nitrogens with two attached hydrogens (primary N) is 1. The van der Waals surface area contributed by atoms with Gasteiger partial charge in [0.2, 0.25) is 5.91 Å². The molecule has 1 amide bonds. The molecule has 3 N–H and O–H groups in total. The van der Waals surface area contributed by atoms with Crippen molar-refractivity contribution in [1.29, 1.82) is 0 Å². The number of hydrogen-bond acceptors (Lipinski definition) is 3. The molecule has 2 unspecified atom stereocenters. The summed E-state index contributed by atoms with van der Waals surface area (Å²) in [6.45, 7) is 1.32. The zero-order valence-corrected chi connectivity index (χ0v) is 11.2. The van der Waals surface area contributed by atoms with Gasteiger partial charge in [0, 0.05) is 25.6 Å². The number of amides is 1. The fourth-order valence-corrected chi connectivity index (χ4v) is 2.29. The Balaban J connectivity index is 1.65. The molecule has 4 heteroatoms. The van der Waals surface area contributed by atoms with Crippen LogP contribution in [0.25, 0.3) is 0 Å². The molecule has 4 nitrogen and oxygen atoms in total. The highest BCUT2D eigenvalue weighted by Gasteiger charge is 2.16. The summed E-state index contributed by atoms with van der Waals surface area (Å²) < 4.78 is 5.49. The first-order valence-electron chi connectivity index (χ1n) is 6.94. The topological polar surface area (TPSA) is 64.3 Å². The molecule has 1 aliphatic rings. The number of carbonyl (C=O) groups excluding carboxylic acids is 1. The van der Waals surface area contributed by atoms with E-state index in [0.29, 0.717) is 13.0 Å². The molecule has 1 aliphatic heterocycles. The second kappa shape index (κ2) is 7.26. The number of rotatable bonds is 6. The van der Waals surface area contributed by atoms with Crippen molar-refractivity contribution < 1.29 is 9.53 Å². The molecule has 1 aromatic rings. The van der Waals surface area contributed by atoms with E-state index in [0.717, 1.165) is 31.4 Å². The standard InChI is InChI=1S/C15H22N2O2/c16-14(12-5-2-1-3-6-12)11-17-15(18)9-8-13-7-4-10-19-13/h1-3,5-6,13-14H,4,7-11,16H2,(H,17,18). The lowest BCUT2D eigenvalue weighted by Crippen LogP contribution is -2.32. The van der Waals surface area contributed by atoms with E-state index in [4.69, 9.17) is 10.5 Å². The highest BCUT2D eigenvalue weighted by atomic mass is 16.5. The molecule has 1 saturated heterocycles. The van der Waals surface area contributed by atoms with Crippen LogP contribution in [0, 0.1) is 0 Å². The van der Waals surface area contributed by atoms with Gasteiger partial charge in [0.05, 0.1) is 6.10 Å². The molecule has 1 fully saturated rings. The van der Waals surface area contributed by atoms with Crippen molar-refractivity contribution >= 4 is 5.91 Å². The number of carbonyl (C=O) groups is 1. The average Bonchev–Trinajstić information content (AvgIpc) is 2.96. The Morgan fingerprint density at radius 1 is 1.42 bits per heavy atom. The highest BCUT2D eigenvalue weighted by molar-refractivity contribution is 5.75. The van der Waals surface area contributed by atoms with E-state index in [1.54, 1.807) is 0 Å². The maximum Gasteiger partial charge on any atom is 0.220 e. The highest BCUT2D eigenvalue weighted by Crippen LogP contribution is 2.16. The number of nitrogens with one attached hydrogen (secondary N) is 1. The molecule has 0 radical (unpaired) electrons. The van der Waals surface area contributed by atoms with Crippen LogP contribution in [0.2, 0.25) is 0 Å². The lowest BCUT2D eigenvalue weighted by Gasteiger charge is -2.14. The van der Waals surface area contributed by atoms with Crippen molar-refractivity contribution in [2.75, 3.05) is 13.2 Å². The van der Waals surface area contributed by atoms with Crippen LogP contribution in [0.4, 0.5) is 0 Å². The molecule has 0 spiro atoms. The lowest BCUT2D eigenvalue weighted by atomic mass is 10.1. The molecule has 2 rings (SSSR count). The quantitative estimate of drug-likeness (QED) is 0.821. The molecule has 0 bridgehead atoms. The van der Waals surface area contributed by atoms with Gasteiger partial charge in [0.15, 0.2) is 0 Å². The van der Waals surface area contributed by atoms with Gasteiger partial charge in [0.25, 0.3) is 0 Å². The Bertz CT molecular complexity index is 388. The average molecular weight is 262 g/mol. The number of hydrogen-bond donors (Lipinski definition) is 2. The first-order chi connectivity index (χ1) is 9.25. The molecular formula is C15H22N2O2. The maximum absolute atomic E-state index is 11.7. The first-order valence-corrected chi connectivity index (χ1v) is 6.94. The Kier molecular flexibility index (Phi) is 5.36. The van der Waals surface area contributed by atoms with Crippen LogP contribution in [0.15, 0.2) is 30.3 Å². The zero-order chi connectivity index (χ0) is 13.5. The van der Waals surface area contributed by atoms with Crippen molar-refractivity contribution in [3.8, 4) is 0 Å². The monoisotopic (exact) mass is 262 g/mol. The third-order valence-electron chi connectivity index (χ3n) is 3.46. The summed E-state index contributed by atoms with van der Waals surface area (Å²) in [6.07, 6.45) is 3.80. The van der Waals surface area contributed by atoms with Gasteiger partial charge in [-0.2, -0.15) is 0 Å². The summed E-state index contributed by atoms with van der Waals surface area (Å²) in [7, 11) is 0. The van der Waals surface area contributed by atoms with Crippen LogP contribution in [0.1, 0.15) is 37.3 Å². The van der Waals surface area contributed by atoms with E-state index in [2.05, 4.69) is 5.32 Å². The van der Waals surface area contributed by atoms with Crippen LogP contribution < -0.4 is 11.1 Å². The van der Waals surface area contributed by atoms with E-state index in [1.165, 1.54) is 0 Å². The minimum Gasteiger partial charge on any atom is -0.378 e. The van der Waals surface area contributed by atoms with Crippen molar-refractivity contribution in [3.63, 3.8) is 0 Å². The van der Waals surface area contributed by atoms with Gasteiger partial charge in [0.1, 0.15) is 0 Å². The van der Waals surface area contributed by atoms with Gasteiger partial charge in [-0.1, -0.05) is 30.3 Å². The molecule has 0 aliphatic carbocycles. The minimum atomic E-state index is -0.145. The van der Waals surface area contributed by atoms with E-state index < -0.39 is 0 Å². The van der Waals surface area contributed by atoms with Gasteiger partial charge in [-0.25, -0.2) is 0 Å². The predicted molar refractivity (Wildman–Crippen MR) is 74.6 cm³/mol. The molecule has 2 atom stereocenters. The Hall–Kier alpha value is -1.39. The second-order valence-corrected chi connectivity index (χ2v) is 4.99. The normalized spacial score (nSPS) is 20.2. The minimum absolute atomic E-state index is 0.0573. The largest absolute Gasteiger partial charge is 0.378 e. The smallest absolute Gasteiger partial charge is 0.220 e. The van der Waals surface area contributed by atoms with E-state index in [1.807, 2.05) is 30.3 Å². The zero-order valence-electron chi connectivity index (χ0n) is 11.2. The van der Waals surface area contributed by atoms with Gasteiger partial charge < -0.3 is 15.8 Å². The molecule has 19 heavy (non-hydrogen) atoms. The first kappa shape index (κ1) is 14.0. The van der Waals surface area contributed by atoms with Gasteiger partial charge >= 0.3 is 0 Å². The Morgan fingerprint density at radius 2 is 2.21 bits per heavy atom. The van der Waals surface area contributed by atoms with Gasteiger partial charge in [-0.15, -0.1) is 0 Å². The summed E-state index contributed by atoms with van der Waals surface area (Å²) in [6, 6.07) is 9.67. The summed E-state index contributed by atoms with van der Waals surface area (Å²) >= 11 is 0. The van der Waals surface area contributed by atoms with Crippen molar-refractivity contribution in [2.24, 2.45) is 5.73 Å². The SMILES string of the molecule is NC(CNC(=O)CCC1CCCO1)c1ccccc1. The third kappa shape index (κ3) is 4.65. The summed E-state index contributed by atoms with van der Waals surface area (Å²) in [4.78, 5) is 11.7. The van der Waals surface area contributed by atoms with Crippen LogP contribution in [0.3, 0.4) is 0 Å². The fraction of sp³-hybridized carbons (Fsp3) is 0.533. The molecule has 104 valence electrons. The van der Waals surface area contributed by atoms with Crippen molar-refractivity contribution in [1.82, 2.24) is 5.32 Å². The Labute approximate surface area is 114 Å². The molecule has 1 aromatic carbocycles. The van der Waals surface area contributed by atoms with Crippen LogP contribution >= 0.6 is 0 Å².